The minimum Gasteiger partial charge on any atom is -0.328 e. The number of carbonyl (C=O) groups excluding carboxylic acids is 1. The standard InChI is InChI=1S/C28H24N6OS/c1-18-8-6-7-11-23(18)31-26(35)24-19(2)30-27-32-28(36-17-21-9-4-3-5-10-21)33-34(27)25(24)22-14-12-20(16-29)13-15-22/h3-15,25H,17H2,1-2H3,(H,31,35)(H,30,32,33)/t25-/m1/s1. The first-order valence-electron chi connectivity index (χ1n) is 11.5. The van der Waals surface area contributed by atoms with Crippen molar-refractivity contribution in [2.75, 3.05) is 10.6 Å². The first-order chi connectivity index (χ1) is 17.5. The molecule has 3 aromatic carbocycles. The van der Waals surface area contributed by atoms with Crippen molar-refractivity contribution in [3.8, 4) is 6.07 Å². The lowest BCUT2D eigenvalue weighted by atomic mass is 9.94. The number of anilines is 2. The molecule has 0 fully saturated rings. The summed E-state index contributed by atoms with van der Waals surface area (Å²) in [5.41, 5.74) is 5.55. The Balaban J connectivity index is 1.51. The summed E-state index contributed by atoms with van der Waals surface area (Å²) in [5.74, 6) is 1.09. The van der Waals surface area contributed by atoms with Crippen LogP contribution in [0.5, 0.6) is 0 Å². The minimum atomic E-state index is -0.503. The molecule has 1 amide bonds. The second kappa shape index (κ2) is 10.1. The van der Waals surface area contributed by atoms with Gasteiger partial charge in [0.15, 0.2) is 0 Å². The molecule has 0 radical (unpaired) electrons. The summed E-state index contributed by atoms with van der Waals surface area (Å²) in [6, 6.07) is 26.7. The fourth-order valence-corrected chi connectivity index (χ4v) is 4.94. The number of hydrogen-bond acceptors (Lipinski definition) is 6. The van der Waals surface area contributed by atoms with Crippen molar-refractivity contribution in [1.82, 2.24) is 14.8 Å². The number of nitriles is 1. The monoisotopic (exact) mass is 492 g/mol. The maximum atomic E-state index is 13.6. The number of carbonyl (C=O) groups is 1. The quantitative estimate of drug-likeness (QED) is 0.336. The van der Waals surface area contributed by atoms with E-state index >= 15 is 0 Å². The van der Waals surface area contributed by atoms with Gasteiger partial charge in [0.25, 0.3) is 5.91 Å². The van der Waals surface area contributed by atoms with Crippen LogP contribution in [-0.4, -0.2) is 20.7 Å². The van der Waals surface area contributed by atoms with Crippen molar-refractivity contribution >= 4 is 29.3 Å². The van der Waals surface area contributed by atoms with Gasteiger partial charge in [-0.3, -0.25) is 4.79 Å². The first kappa shape index (κ1) is 23.4. The third-order valence-corrected chi connectivity index (χ3v) is 6.95. The Kier molecular flexibility index (Phi) is 6.56. The molecule has 4 aromatic rings. The van der Waals surface area contributed by atoms with Gasteiger partial charge < -0.3 is 10.6 Å². The van der Waals surface area contributed by atoms with E-state index in [1.165, 1.54) is 5.56 Å². The molecule has 0 bridgehead atoms. The van der Waals surface area contributed by atoms with Crippen LogP contribution < -0.4 is 10.6 Å². The number of rotatable bonds is 6. The average Bonchev–Trinajstić information content (AvgIpc) is 3.31. The molecule has 7 nitrogen and oxygen atoms in total. The molecule has 178 valence electrons. The summed E-state index contributed by atoms with van der Waals surface area (Å²) < 4.78 is 1.76. The number of fused-ring (bicyclic) bond motifs is 1. The lowest BCUT2D eigenvalue weighted by Gasteiger charge is -2.28. The highest BCUT2D eigenvalue weighted by molar-refractivity contribution is 7.98. The number of aryl methyl sites for hydroxylation is 1. The molecule has 0 saturated carbocycles. The zero-order chi connectivity index (χ0) is 25.1. The van der Waals surface area contributed by atoms with E-state index in [1.54, 1.807) is 28.6 Å². The number of benzene rings is 3. The van der Waals surface area contributed by atoms with Crippen LogP contribution in [0.25, 0.3) is 0 Å². The Morgan fingerprint density at radius 2 is 1.78 bits per heavy atom. The lowest BCUT2D eigenvalue weighted by molar-refractivity contribution is -0.113. The summed E-state index contributed by atoms with van der Waals surface area (Å²) in [6.07, 6.45) is 0. The molecule has 0 spiro atoms. The van der Waals surface area contributed by atoms with Crippen molar-refractivity contribution in [1.29, 1.82) is 5.26 Å². The van der Waals surface area contributed by atoms with E-state index in [0.717, 1.165) is 22.6 Å². The Bertz CT molecular complexity index is 1480. The maximum absolute atomic E-state index is 13.6. The van der Waals surface area contributed by atoms with Gasteiger partial charge in [0.1, 0.15) is 6.04 Å². The maximum Gasteiger partial charge on any atom is 0.255 e. The second-order valence-electron chi connectivity index (χ2n) is 8.51. The molecule has 0 unspecified atom stereocenters. The second-order valence-corrected chi connectivity index (χ2v) is 9.45. The smallest absolute Gasteiger partial charge is 0.255 e. The van der Waals surface area contributed by atoms with Gasteiger partial charge in [0, 0.05) is 17.1 Å². The normalized spacial score (nSPS) is 14.5. The number of hydrogen-bond donors (Lipinski definition) is 2. The van der Waals surface area contributed by atoms with Gasteiger partial charge in [0.2, 0.25) is 11.1 Å². The summed E-state index contributed by atoms with van der Waals surface area (Å²) in [5, 5.41) is 21.0. The molecule has 36 heavy (non-hydrogen) atoms. The Morgan fingerprint density at radius 1 is 1.06 bits per heavy atom. The van der Waals surface area contributed by atoms with E-state index in [1.807, 2.05) is 68.4 Å². The van der Waals surface area contributed by atoms with E-state index in [9.17, 15) is 10.1 Å². The van der Waals surface area contributed by atoms with Crippen molar-refractivity contribution in [3.63, 3.8) is 0 Å². The summed E-state index contributed by atoms with van der Waals surface area (Å²) in [4.78, 5) is 18.3. The molecule has 0 saturated heterocycles. The summed E-state index contributed by atoms with van der Waals surface area (Å²) in [7, 11) is 0. The fraction of sp³-hybridized carbons (Fsp3) is 0.143. The molecular weight excluding hydrogens is 468 g/mol. The first-order valence-corrected chi connectivity index (χ1v) is 12.5. The van der Waals surface area contributed by atoms with Crippen LogP contribution in [0.2, 0.25) is 0 Å². The Morgan fingerprint density at radius 3 is 2.50 bits per heavy atom. The molecule has 5 rings (SSSR count). The summed E-state index contributed by atoms with van der Waals surface area (Å²) >= 11 is 1.54. The van der Waals surface area contributed by atoms with E-state index in [4.69, 9.17) is 10.1 Å². The summed E-state index contributed by atoms with van der Waals surface area (Å²) in [6.45, 7) is 3.83. The Hall–Kier alpha value is -4.35. The molecule has 1 aromatic heterocycles. The van der Waals surface area contributed by atoms with Crippen LogP contribution in [-0.2, 0) is 10.5 Å². The zero-order valence-corrected chi connectivity index (χ0v) is 20.7. The number of nitrogens with zero attached hydrogens (tertiary/aromatic N) is 4. The van der Waals surface area contributed by atoms with Crippen molar-refractivity contribution in [3.05, 3.63) is 112 Å². The van der Waals surface area contributed by atoms with Crippen molar-refractivity contribution < 1.29 is 4.79 Å². The number of aromatic nitrogens is 3. The SMILES string of the molecule is CC1=C(C(=O)Nc2ccccc2C)[C@@H](c2ccc(C#N)cc2)n2nc(SCc3ccccc3)nc2N1. The predicted octanol–water partition coefficient (Wildman–Crippen LogP) is 5.68. The number of para-hydroxylation sites is 1. The van der Waals surface area contributed by atoms with Crippen LogP contribution in [0, 0.1) is 18.3 Å². The number of amides is 1. The third-order valence-electron chi connectivity index (χ3n) is 6.04. The Labute approximate surface area is 213 Å². The highest BCUT2D eigenvalue weighted by atomic mass is 32.2. The molecule has 8 heteroatoms. The minimum absolute atomic E-state index is 0.219. The van der Waals surface area contributed by atoms with Gasteiger partial charge in [-0.2, -0.15) is 10.2 Å². The van der Waals surface area contributed by atoms with E-state index in [-0.39, 0.29) is 5.91 Å². The van der Waals surface area contributed by atoms with Crippen molar-refractivity contribution in [2.45, 2.75) is 30.8 Å². The molecule has 1 aliphatic heterocycles. The van der Waals surface area contributed by atoms with E-state index < -0.39 is 6.04 Å². The van der Waals surface area contributed by atoms with E-state index in [0.29, 0.717) is 27.9 Å². The molecule has 2 N–H and O–H groups in total. The van der Waals surface area contributed by atoms with E-state index in [2.05, 4.69) is 28.8 Å². The van der Waals surface area contributed by atoms with Crippen molar-refractivity contribution in [2.24, 2.45) is 0 Å². The predicted molar refractivity (Wildman–Crippen MR) is 141 cm³/mol. The molecule has 1 aliphatic rings. The van der Waals surface area contributed by atoms with Crippen LogP contribution in [0.3, 0.4) is 0 Å². The molecule has 0 aliphatic carbocycles. The van der Waals surface area contributed by atoms with Gasteiger partial charge in [-0.25, -0.2) is 4.68 Å². The third kappa shape index (κ3) is 4.74. The number of thioether (sulfide) groups is 1. The highest BCUT2D eigenvalue weighted by Crippen LogP contribution is 2.37. The fourth-order valence-electron chi connectivity index (χ4n) is 4.16. The molecular formula is C28H24N6OS. The highest BCUT2D eigenvalue weighted by Gasteiger charge is 2.34. The number of allylic oxidation sites excluding steroid dienone is 1. The van der Waals surface area contributed by atoms with Gasteiger partial charge in [-0.1, -0.05) is 72.4 Å². The molecule has 1 atom stereocenters. The van der Waals surface area contributed by atoms with Gasteiger partial charge in [0.05, 0.1) is 17.2 Å². The lowest BCUT2D eigenvalue weighted by Crippen LogP contribution is -2.31. The topological polar surface area (TPSA) is 95.6 Å². The largest absolute Gasteiger partial charge is 0.328 e. The zero-order valence-electron chi connectivity index (χ0n) is 19.9. The van der Waals surface area contributed by atoms with Gasteiger partial charge in [-0.15, -0.1) is 5.10 Å². The van der Waals surface area contributed by atoms with Crippen LogP contribution >= 0.6 is 11.8 Å². The average molecular weight is 493 g/mol. The molecule has 2 heterocycles. The number of nitrogens with one attached hydrogen (secondary N) is 2. The van der Waals surface area contributed by atoms with Gasteiger partial charge >= 0.3 is 0 Å². The van der Waals surface area contributed by atoms with Crippen LogP contribution in [0.4, 0.5) is 11.6 Å². The van der Waals surface area contributed by atoms with Gasteiger partial charge in [-0.05, 0) is 48.7 Å². The van der Waals surface area contributed by atoms with Crippen LogP contribution in [0.15, 0.2) is 95.3 Å². The van der Waals surface area contributed by atoms with Crippen LogP contribution in [0.1, 0.15) is 35.2 Å².